The molecular weight excluding hydrogens is 567 g/mol. The zero-order valence-corrected chi connectivity index (χ0v) is 25.2. The van der Waals surface area contributed by atoms with Gasteiger partial charge in [0.25, 0.3) is 5.91 Å². The summed E-state index contributed by atoms with van der Waals surface area (Å²) < 4.78 is 34.5. The van der Waals surface area contributed by atoms with Crippen LogP contribution >= 0.6 is 35.3 Å². The lowest BCUT2D eigenvalue weighted by Crippen LogP contribution is -2.48. The van der Waals surface area contributed by atoms with Crippen LogP contribution in [0.25, 0.3) is 10.2 Å². The Kier molecular flexibility index (Phi) is 10.6. The smallest absolute Gasteiger partial charge is 0.260 e. The number of rotatable bonds is 9. The molecule has 12 heteroatoms. The van der Waals surface area contributed by atoms with E-state index in [2.05, 4.69) is 23.7 Å². The van der Waals surface area contributed by atoms with Crippen molar-refractivity contribution < 1.29 is 17.9 Å². The van der Waals surface area contributed by atoms with Gasteiger partial charge in [-0.25, -0.2) is 13.4 Å². The van der Waals surface area contributed by atoms with E-state index in [-0.39, 0.29) is 35.4 Å². The van der Waals surface area contributed by atoms with Gasteiger partial charge in [0, 0.05) is 31.7 Å². The minimum Gasteiger partial charge on any atom is -0.373 e. The number of carbonyl (C=O) groups is 1. The van der Waals surface area contributed by atoms with Crippen LogP contribution in [0, 0.1) is 0 Å². The predicted molar refractivity (Wildman–Crippen MR) is 157 cm³/mol. The maximum absolute atomic E-state index is 13.7. The van der Waals surface area contributed by atoms with E-state index in [0.717, 1.165) is 17.8 Å². The molecule has 0 aliphatic carbocycles. The molecule has 0 bridgehead atoms. The van der Waals surface area contributed by atoms with E-state index in [1.165, 1.54) is 27.8 Å². The van der Waals surface area contributed by atoms with Crippen molar-refractivity contribution in [2.45, 2.75) is 44.8 Å². The zero-order chi connectivity index (χ0) is 26.7. The van der Waals surface area contributed by atoms with Crippen molar-refractivity contribution in [3.63, 3.8) is 0 Å². The van der Waals surface area contributed by atoms with Gasteiger partial charge in [-0.1, -0.05) is 42.9 Å². The van der Waals surface area contributed by atoms with E-state index < -0.39 is 10.0 Å². The summed E-state index contributed by atoms with van der Waals surface area (Å²) in [7, 11) is -3.70. The van der Waals surface area contributed by atoms with Crippen LogP contribution in [0.1, 0.15) is 38.1 Å². The summed E-state index contributed by atoms with van der Waals surface area (Å²) in [5.74, 6) is -0.236. The van der Waals surface area contributed by atoms with Crippen LogP contribution in [0.3, 0.4) is 0 Å². The van der Waals surface area contributed by atoms with Crippen LogP contribution in [-0.4, -0.2) is 80.0 Å². The van der Waals surface area contributed by atoms with Crippen LogP contribution in [0.5, 0.6) is 0 Å². The fourth-order valence-electron chi connectivity index (χ4n) is 4.49. The summed E-state index contributed by atoms with van der Waals surface area (Å²) >= 11 is 7.76. The van der Waals surface area contributed by atoms with Gasteiger partial charge in [0.2, 0.25) is 10.0 Å². The number of sulfonamides is 1. The number of nitrogens with zero attached hydrogens (tertiary/aromatic N) is 4. The lowest BCUT2D eigenvalue weighted by molar-refractivity contribution is -0.0440. The number of carbonyl (C=O) groups excluding carboxylic acids is 1. The van der Waals surface area contributed by atoms with Crippen molar-refractivity contribution in [3.8, 4) is 0 Å². The maximum Gasteiger partial charge on any atom is 0.260 e. The van der Waals surface area contributed by atoms with Crippen molar-refractivity contribution in [1.82, 2.24) is 14.2 Å². The van der Waals surface area contributed by atoms with Gasteiger partial charge in [-0.3, -0.25) is 9.69 Å². The lowest BCUT2D eigenvalue weighted by atomic mass is 10.2. The SMILES string of the molecule is CCN(CC)CCN(C(=O)c1ccc(S(=O)(=O)N2CC(C)OC(C)C2)cc1)c1nc2c(Cl)cccc2s1.Cl. The Balaban J connectivity index is 0.00000400. The maximum atomic E-state index is 13.7. The van der Waals surface area contributed by atoms with Gasteiger partial charge in [-0.2, -0.15) is 4.31 Å². The van der Waals surface area contributed by atoms with Crippen molar-refractivity contribution >= 4 is 66.6 Å². The first-order valence-corrected chi connectivity index (χ1v) is 15.1. The Hall–Kier alpha value is -1.79. The number of benzene rings is 2. The monoisotopic (exact) mass is 600 g/mol. The Bertz CT molecular complexity index is 1340. The van der Waals surface area contributed by atoms with Crippen LogP contribution in [0.4, 0.5) is 5.13 Å². The number of morpholine rings is 1. The van der Waals surface area contributed by atoms with Gasteiger partial charge in [-0.05, 0) is 63.3 Å². The van der Waals surface area contributed by atoms with Gasteiger partial charge in [0.1, 0.15) is 5.52 Å². The summed E-state index contributed by atoms with van der Waals surface area (Å²) in [6.45, 7) is 11.4. The Morgan fingerprint density at radius 1 is 1.08 bits per heavy atom. The summed E-state index contributed by atoms with van der Waals surface area (Å²) in [6, 6.07) is 11.7. The average Bonchev–Trinajstić information content (AvgIpc) is 3.31. The molecule has 1 aliphatic heterocycles. The average molecular weight is 602 g/mol. The molecule has 1 aliphatic rings. The number of aromatic nitrogens is 1. The fraction of sp³-hybridized carbons (Fsp3) is 0.462. The number of halogens is 2. The first-order chi connectivity index (χ1) is 17.6. The van der Waals surface area contributed by atoms with Crippen LogP contribution in [-0.2, 0) is 14.8 Å². The third-order valence-electron chi connectivity index (χ3n) is 6.49. The first-order valence-electron chi connectivity index (χ1n) is 12.5. The zero-order valence-electron chi connectivity index (χ0n) is 22.0. The number of fused-ring (bicyclic) bond motifs is 1. The Morgan fingerprint density at radius 3 is 2.29 bits per heavy atom. The van der Waals surface area contributed by atoms with Gasteiger partial charge in [0.15, 0.2) is 5.13 Å². The molecule has 3 aromatic rings. The number of amides is 1. The summed E-state index contributed by atoms with van der Waals surface area (Å²) in [5, 5.41) is 1.10. The summed E-state index contributed by atoms with van der Waals surface area (Å²) in [6.07, 6.45) is -0.359. The van der Waals surface area contributed by atoms with Crippen molar-refractivity contribution in [2.24, 2.45) is 0 Å². The number of hydrogen-bond acceptors (Lipinski definition) is 7. The molecule has 2 heterocycles. The largest absolute Gasteiger partial charge is 0.373 e. The third kappa shape index (κ3) is 6.67. The molecule has 0 N–H and O–H groups in total. The minimum atomic E-state index is -3.70. The quantitative estimate of drug-likeness (QED) is 0.337. The van der Waals surface area contributed by atoms with Crippen LogP contribution in [0.15, 0.2) is 47.4 Å². The standard InChI is InChI=1S/C26H33ClN4O4S2.ClH/c1-5-29(6-2)14-15-31(26-28-24-22(27)8-7-9-23(24)36-26)25(32)20-10-12-21(13-11-20)37(33,34)30-16-18(3)35-19(4)17-30;/h7-13,18-19H,5-6,14-17H2,1-4H3;1H. The molecule has 2 unspecified atom stereocenters. The molecule has 1 saturated heterocycles. The van der Waals surface area contributed by atoms with E-state index >= 15 is 0 Å². The molecule has 2 atom stereocenters. The van der Waals surface area contributed by atoms with Crippen molar-refractivity contribution in [1.29, 1.82) is 0 Å². The highest BCUT2D eigenvalue weighted by Crippen LogP contribution is 2.33. The Labute approximate surface area is 240 Å². The van der Waals surface area contributed by atoms with Gasteiger partial charge < -0.3 is 9.64 Å². The molecule has 0 saturated carbocycles. The second kappa shape index (κ2) is 13.0. The number of thiazole rings is 1. The molecule has 0 radical (unpaired) electrons. The van der Waals surface area contributed by atoms with Gasteiger partial charge in [0.05, 0.1) is 26.8 Å². The number of hydrogen-bond donors (Lipinski definition) is 0. The topological polar surface area (TPSA) is 83.1 Å². The molecule has 1 aromatic heterocycles. The summed E-state index contributed by atoms with van der Waals surface area (Å²) in [4.78, 5) is 22.4. The van der Waals surface area contributed by atoms with E-state index in [1.807, 2.05) is 26.0 Å². The van der Waals surface area contributed by atoms with Gasteiger partial charge in [-0.15, -0.1) is 12.4 Å². The van der Waals surface area contributed by atoms with E-state index in [4.69, 9.17) is 16.3 Å². The molecule has 38 heavy (non-hydrogen) atoms. The molecule has 0 spiro atoms. The minimum absolute atomic E-state index is 0. The van der Waals surface area contributed by atoms with E-state index in [0.29, 0.717) is 47.4 Å². The molecule has 208 valence electrons. The van der Waals surface area contributed by atoms with Crippen LogP contribution < -0.4 is 4.90 Å². The molecule has 8 nitrogen and oxygen atoms in total. The number of anilines is 1. The Morgan fingerprint density at radius 2 is 1.71 bits per heavy atom. The molecule has 2 aromatic carbocycles. The number of ether oxygens (including phenoxy) is 1. The summed E-state index contributed by atoms with van der Waals surface area (Å²) in [5.41, 5.74) is 1.06. The lowest BCUT2D eigenvalue weighted by Gasteiger charge is -2.34. The van der Waals surface area contributed by atoms with Gasteiger partial charge >= 0.3 is 0 Å². The number of para-hydroxylation sites is 1. The first kappa shape index (κ1) is 30.7. The highest BCUT2D eigenvalue weighted by atomic mass is 35.5. The van der Waals surface area contributed by atoms with Crippen molar-refractivity contribution in [3.05, 3.63) is 53.1 Å². The molecule has 1 fully saturated rings. The van der Waals surface area contributed by atoms with Crippen LogP contribution in [0.2, 0.25) is 5.02 Å². The highest BCUT2D eigenvalue weighted by Gasteiger charge is 2.32. The predicted octanol–water partition coefficient (Wildman–Crippen LogP) is 5.16. The van der Waals surface area contributed by atoms with Crippen molar-refractivity contribution in [2.75, 3.05) is 44.2 Å². The van der Waals surface area contributed by atoms with E-state index in [1.54, 1.807) is 23.1 Å². The molecule has 4 rings (SSSR count). The molecule has 1 amide bonds. The normalized spacial score (nSPS) is 18.5. The molecular formula is C26H34Cl2N4O4S2. The number of likely N-dealkylation sites (N-methyl/N-ethyl adjacent to an activating group) is 1. The van der Waals surface area contributed by atoms with E-state index in [9.17, 15) is 13.2 Å². The third-order valence-corrected chi connectivity index (χ3v) is 9.69. The fourth-order valence-corrected chi connectivity index (χ4v) is 7.37. The highest BCUT2D eigenvalue weighted by molar-refractivity contribution is 7.89. The second-order valence-electron chi connectivity index (χ2n) is 9.17. The second-order valence-corrected chi connectivity index (χ2v) is 12.5.